The molecule has 0 aromatic carbocycles. The Labute approximate surface area is 135 Å². The van der Waals surface area contributed by atoms with Crippen molar-refractivity contribution in [2.75, 3.05) is 0 Å². The van der Waals surface area contributed by atoms with Gasteiger partial charge in [-0.15, -0.1) is 0 Å². The maximum absolute atomic E-state index is 14.0. The molecule has 0 radical (unpaired) electrons. The number of Topliss-reactive ketones (excluding diaryl/α,β-unsaturated/α-hetero) is 1. The van der Waals surface area contributed by atoms with Crippen molar-refractivity contribution in [1.82, 2.24) is 0 Å². The number of rotatable bonds is 0. The molecule has 4 aliphatic rings. The number of fused-ring (bicyclic) bond motifs is 5. The van der Waals surface area contributed by atoms with Gasteiger partial charge in [0.2, 0.25) is 5.78 Å². The third-order valence-electron chi connectivity index (χ3n) is 7.26. The highest BCUT2D eigenvalue weighted by Crippen LogP contribution is 2.63. The van der Waals surface area contributed by atoms with E-state index in [-0.39, 0.29) is 23.5 Å². The second-order valence-electron chi connectivity index (χ2n) is 8.29. The van der Waals surface area contributed by atoms with Crippen LogP contribution in [-0.2, 0) is 9.59 Å². The molecule has 1 N–H and O–H groups in total. The summed E-state index contributed by atoms with van der Waals surface area (Å²) in [5.74, 6) is -0.607. The van der Waals surface area contributed by atoms with Crippen molar-refractivity contribution in [1.29, 1.82) is 0 Å². The molecule has 0 unspecified atom stereocenters. The summed E-state index contributed by atoms with van der Waals surface area (Å²) in [7, 11) is 0. The van der Waals surface area contributed by atoms with Crippen molar-refractivity contribution in [3.8, 4) is 0 Å². The fraction of sp³-hybridized carbons (Fsp3) is 0.684. The van der Waals surface area contributed by atoms with Crippen molar-refractivity contribution >= 4 is 11.6 Å². The Morgan fingerprint density at radius 2 is 1.96 bits per heavy atom. The number of aliphatic hydroxyl groups excluding tert-OH is 1. The first-order valence-electron chi connectivity index (χ1n) is 8.62. The van der Waals surface area contributed by atoms with Crippen molar-refractivity contribution in [2.24, 2.45) is 28.6 Å². The average Bonchev–Trinajstić information content (AvgIpc) is 2.76. The van der Waals surface area contributed by atoms with Crippen LogP contribution in [0.2, 0.25) is 0 Å². The van der Waals surface area contributed by atoms with E-state index in [4.69, 9.17) is 0 Å². The van der Waals surface area contributed by atoms with E-state index >= 15 is 0 Å². The van der Waals surface area contributed by atoms with E-state index in [2.05, 4.69) is 0 Å². The number of hydrogen-bond donors (Lipinski definition) is 1. The van der Waals surface area contributed by atoms with Gasteiger partial charge >= 0.3 is 0 Å². The van der Waals surface area contributed by atoms with E-state index in [0.29, 0.717) is 12.8 Å². The zero-order valence-corrected chi connectivity index (χ0v) is 13.6. The molecule has 3 saturated carbocycles. The van der Waals surface area contributed by atoms with Crippen LogP contribution in [0.1, 0.15) is 46.0 Å². The fourth-order valence-corrected chi connectivity index (χ4v) is 6.16. The Morgan fingerprint density at radius 3 is 2.70 bits per heavy atom. The smallest absolute Gasteiger partial charge is 0.213 e. The van der Waals surface area contributed by atoms with Crippen LogP contribution in [0.5, 0.6) is 0 Å². The standard InChI is InChI=1S/C19H23FO3/c1-18-8-13(20)14(21)7-10(18)3-4-11-12-5-6-16(23)19(12,2)9-15(22)17(11)18/h7-8,11-12,15,17,22H,3-6,9H2,1-2H3/t11-,12-,15-,17+,18-,19-/m0/s1. The zero-order chi connectivity index (χ0) is 16.6. The SMILES string of the molecule is C[C@]12C=C(F)C(=O)C=C1CC[C@@H]1[C@@H]2[C@@H](O)C[C@]2(C)C(=O)CC[C@@H]12. The number of aliphatic hydroxyl groups is 1. The molecule has 0 aromatic heterocycles. The summed E-state index contributed by atoms with van der Waals surface area (Å²) in [6, 6.07) is 0. The number of halogens is 1. The van der Waals surface area contributed by atoms with Gasteiger partial charge in [0.05, 0.1) is 6.10 Å². The minimum Gasteiger partial charge on any atom is -0.393 e. The predicted molar refractivity (Wildman–Crippen MR) is 83.1 cm³/mol. The molecule has 4 aliphatic carbocycles. The molecular formula is C19H23FO3. The Morgan fingerprint density at radius 1 is 1.22 bits per heavy atom. The highest BCUT2D eigenvalue weighted by Gasteiger charge is 2.61. The number of carbonyl (C=O) groups excluding carboxylic acids is 2. The molecule has 0 amide bonds. The van der Waals surface area contributed by atoms with Crippen molar-refractivity contribution in [2.45, 2.75) is 52.1 Å². The predicted octanol–water partition coefficient (Wildman–Crippen LogP) is 3.13. The van der Waals surface area contributed by atoms with Crippen LogP contribution in [0.15, 0.2) is 23.6 Å². The average molecular weight is 318 g/mol. The number of carbonyl (C=O) groups is 2. The van der Waals surface area contributed by atoms with Crippen molar-refractivity contribution in [3.05, 3.63) is 23.6 Å². The van der Waals surface area contributed by atoms with E-state index in [9.17, 15) is 19.1 Å². The molecule has 0 heterocycles. The molecule has 0 saturated heterocycles. The lowest BCUT2D eigenvalue weighted by Crippen LogP contribution is -2.56. The first-order chi connectivity index (χ1) is 10.8. The largest absolute Gasteiger partial charge is 0.393 e. The molecule has 23 heavy (non-hydrogen) atoms. The van der Waals surface area contributed by atoms with Crippen LogP contribution in [0.4, 0.5) is 4.39 Å². The highest BCUT2D eigenvalue weighted by atomic mass is 19.1. The Balaban J connectivity index is 1.79. The summed E-state index contributed by atoms with van der Waals surface area (Å²) in [6.45, 7) is 3.95. The van der Waals surface area contributed by atoms with Gasteiger partial charge in [-0.25, -0.2) is 4.39 Å². The van der Waals surface area contributed by atoms with E-state index in [1.54, 1.807) is 0 Å². The van der Waals surface area contributed by atoms with Gasteiger partial charge in [-0.1, -0.05) is 19.4 Å². The molecular weight excluding hydrogens is 295 g/mol. The van der Waals surface area contributed by atoms with Crippen LogP contribution < -0.4 is 0 Å². The van der Waals surface area contributed by atoms with Crippen LogP contribution in [-0.4, -0.2) is 22.8 Å². The zero-order valence-electron chi connectivity index (χ0n) is 13.6. The van der Waals surface area contributed by atoms with E-state index in [1.807, 2.05) is 13.8 Å². The molecule has 124 valence electrons. The topological polar surface area (TPSA) is 54.4 Å². The van der Waals surface area contributed by atoms with Crippen LogP contribution >= 0.6 is 0 Å². The van der Waals surface area contributed by atoms with Gasteiger partial charge in [0.1, 0.15) is 5.78 Å². The minimum atomic E-state index is -0.708. The second-order valence-corrected chi connectivity index (χ2v) is 8.29. The maximum Gasteiger partial charge on any atom is 0.213 e. The monoisotopic (exact) mass is 318 g/mol. The quantitative estimate of drug-likeness (QED) is 0.746. The Hall–Kier alpha value is -1.29. The third kappa shape index (κ3) is 1.84. The van der Waals surface area contributed by atoms with Gasteiger partial charge in [0.25, 0.3) is 0 Å². The summed E-state index contributed by atoms with van der Waals surface area (Å²) in [4.78, 5) is 24.1. The van der Waals surface area contributed by atoms with Crippen LogP contribution in [0.3, 0.4) is 0 Å². The maximum atomic E-state index is 14.0. The number of hydrogen-bond acceptors (Lipinski definition) is 3. The normalized spacial score (nSPS) is 49.0. The fourth-order valence-electron chi connectivity index (χ4n) is 6.16. The molecule has 3 nitrogen and oxygen atoms in total. The highest BCUT2D eigenvalue weighted by molar-refractivity contribution is 6.04. The lowest BCUT2D eigenvalue weighted by atomic mass is 9.47. The lowest BCUT2D eigenvalue weighted by molar-refractivity contribution is -0.142. The van der Waals surface area contributed by atoms with E-state index in [0.717, 1.165) is 24.8 Å². The van der Waals surface area contributed by atoms with Gasteiger partial charge in [-0.2, -0.15) is 0 Å². The van der Waals surface area contributed by atoms with E-state index < -0.39 is 28.5 Å². The van der Waals surface area contributed by atoms with E-state index in [1.165, 1.54) is 12.2 Å². The number of ketones is 2. The lowest BCUT2D eigenvalue weighted by Gasteiger charge is -2.57. The molecule has 4 rings (SSSR count). The summed E-state index contributed by atoms with van der Waals surface area (Å²) in [5.41, 5.74) is -0.0878. The van der Waals surface area contributed by atoms with Gasteiger partial charge in [-0.05, 0) is 49.7 Å². The molecule has 6 atom stereocenters. The summed E-state index contributed by atoms with van der Waals surface area (Å²) >= 11 is 0. The van der Waals surface area contributed by atoms with Crippen molar-refractivity contribution in [3.63, 3.8) is 0 Å². The Kier molecular flexibility index (Phi) is 3.07. The molecule has 0 spiro atoms. The second kappa shape index (κ2) is 4.62. The number of allylic oxidation sites excluding steroid dienone is 4. The van der Waals surface area contributed by atoms with Gasteiger partial charge in [0, 0.05) is 23.2 Å². The molecule has 3 fully saturated rings. The third-order valence-corrected chi connectivity index (χ3v) is 7.26. The summed E-state index contributed by atoms with van der Waals surface area (Å²) in [5, 5.41) is 10.9. The minimum absolute atomic E-state index is 0.106. The van der Waals surface area contributed by atoms with Gasteiger partial charge in [0.15, 0.2) is 5.83 Å². The molecule has 0 aliphatic heterocycles. The molecule has 4 heteroatoms. The van der Waals surface area contributed by atoms with Crippen LogP contribution in [0.25, 0.3) is 0 Å². The van der Waals surface area contributed by atoms with Gasteiger partial charge in [-0.3, -0.25) is 9.59 Å². The van der Waals surface area contributed by atoms with Crippen LogP contribution in [0, 0.1) is 28.6 Å². The molecule has 0 bridgehead atoms. The van der Waals surface area contributed by atoms with Crippen molar-refractivity contribution < 1.29 is 19.1 Å². The Bertz CT molecular complexity index is 664. The molecule has 0 aromatic rings. The summed E-state index contributed by atoms with van der Waals surface area (Å²) in [6.07, 6.45) is 5.80. The first kappa shape index (κ1) is 15.3. The first-order valence-corrected chi connectivity index (χ1v) is 8.62. The summed E-state index contributed by atoms with van der Waals surface area (Å²) < 4.78 is 14.0. The van der Waals surface area contributed by atoms with Gasteiger partial charge < -0.3 is 5.11 Å².